The summed E-state index contributed by atoms with van der Waals surface area (Å²) in [5.41, 5.74) is 1.47. The van der Waals surface area contributed by atoms with Gasteiger partial charge in [-0.3, -0.25) is 4.79 Å². The third-order valence-corrected chi connectivity index (χ3v) is 3.67. The van der Waals surface area contributed by atoms with Gasteiger partial charge in [-0.15, -0.1) is 0 Å². The fraction of sp³-hybridized carbons (Fsp3) is 0.250. The van der Waals surface area contributed by atoms with Gasteiger partial charge in [-0.25, -0.2) is 4.98 Å². The Morgan fingerprint density at radius 2 is 2.05 bits per heavy atom. The van der Waals surface area contributed by atoms with E-state index in [-0.39, 0.29) is 11.9 Å². The molecule has 0 saturated carbocycles. The van der Waals surface area contributed by atoms with Crippen molar-refractivity contribution in [3.63, 3.8) is 0 Å². The number of ether oxygens (including phenoxy) is 1. The Bertz CT molecular complexity index is 646. The van der Waals surface area contributed by atoms with E-state index in [1.165, 1.54) is 6.20 Å². The monoisotopic (exact) mass is 304 g/mol. The van der Waals surface area contributed by atoms with E-state index in [1.54, 1.807) is 31.2 Å². The summed E-state index contributed by atoms with van der Waals surface area (Å²) in [6, 6.07) is 10.8. The van der Waals surface area contributed by atoms with Gasteiger partial charge in [0.2, 0.25) is 0 Å². The number of carbonyl (C=O) groups is 1. The number of benzene rings is 1. The zero-order valence-electron chi connectivity index (χ0n) is 12.2. The lowest BCUT2D eigenvalue weighted by atomic mass is 10.1. The van der Waals surface area contributed by atoms with Crippen molar-refractivity contribution in [1.29, 1.82) is 0 Å². The number of aromatic nitrogens is 1. The van der Waals surface area contributed by atoms with Gasteiger partial charge in [-0.1, -0.05) is 29.8 Å². The van der Waals surface area contributed by atoms with Crippen molar-refractivity contribution < 1.29 is 9.53 Å². The lowest BCUT2D eigenvalue weighted by molar-refractivity contribution is 0.0741. The fourth-order valence-corrected chi connectivity index (χ4v) is 2.31. The van der Waals surface area contributed by atoms with Gasteiger partial charge in [0.25, 0.3) is 5.91 Å². The molecule has 21 heavy (non-hydrogen) atoms. The molecule has 0 saturated heterocycles. The largest absolute Gasteiger partial charge is 0.496 e. The molecular weight excluding hydrogens is 288 g/mol. The number of pyridine rings is 1. The Kier molecular flexibility index (Phi) is 4.81. The average molecular weight is 305 g/mol. The van der Waals surface area contributed by atoms with Gasteiger partial charge in [0.05, 0.1) is 13.2 Å². The maximum atomic E-state index is 12.5. The van der Waals surface area contributed by atoms with E-state index in [2.05, 4.69) is 4.98 Å². The standard InChI is InChI=1S/C16H17ClN2O2/c1-11(13-6-4-5-7-14(13)21-3)19(2)16(20)12-8-9-18-15(17)10-12/h4-11H,1-3H3. The van der Waals surface area contributed by atoms with E-state index < -0.39 is 0 Å². The number of para-hydroxylation sites is 1. The summed E-state index contributed by atoms with van der Waals surface area (Å²) in [6.07, 6.45) is 1.52. The number of carbonyl (C=O) groups excluding carboxylic acids is 1. The van der Waals surface area contributed by atoms with Crippen LogP contribution in [-0.4, -0.2) is 29.9 Å². The van der Waals surface area contributed by atoms with Crippen LogP contribution in [0.15, 0.2) is 42.6 Å². The minimum absolute atomic E-state index is 0.113. The van der Waals surface area contributed by atoms with Crippen molar-refractivity contribution in [2.45, 2.75) is 13.0 Å². The van der Waals surface area contributed by atoms with Crippen molar-refractivity contribution >= 4 is 17.5 Å². The van der Waals surface area contributed by atoms with Gasteiger partial charge in [-0.05, 0) is 25.1 Å². The molecule has 0 aliphatic rings. The Hall–Kier alpha value is -2.07. The Morgan fingerprint density at radius 3 is 2.71 bits per heavy atom. The number of methoxy groups -OCH3 is 1. The smallest absolute Gasteiger partial charge is 0.254 e. The van der Waals surface area contributed by atoms with Crippen molar-refractivity contribution in [3.8, 4) is 5.75 Å². The second-order valence-electron chi connectivity index (χ2n) is 4.70. The van der Waals surface area contributed by atoms with Gasteiger partial charge in [0.1, 0.15) is 10.9 Å². The van der Waals surface area contributed by atoms with Crippen LogP contribution in [0.25, 0.3) is 0 Å². The van der Waals surface area contributed by atoms with Crippen molar-refractivity contribution in [3.05, 3.63) is 58.9 Å². The topological polar surface area (TPSA) is 42.4 Å². The lowest BCUT2D eigenvalue weighted by Crippen LogP contribution is -2.29. The van der Waals surface area contributed by atoms with E-state index in [0.717, 1.165) is 11.3 Å². The second-order valence-corrected chi connectivity index (χ2v) is 5.09. The van der Waals surface area contributed by atoms with Gasteiger partial charge < -0.3 is 9.64 Å². The minimum Gasteiger partial charge on any atom is -0.496 e. The Morgan fingerprint density at radius 1 is 1.33 bits per heavy atom. The zero-order chi connectivity index (χ0) is 15.4. The van der Waals surface area contributed by atoms with Gasteiger partial charge in [0.15, 0.2) is 0 Å². The highest BCUT2D eigenvalue weighted by atomic mass is 35.5. The second kappa shape index (κ2) is 6.59. The molecule has 5 heteroatoms. The number of nitrogens with zero attached hydrogens (tertiary/aromatic N) is 2. The molecule has 4 nitrogen and oxygen atoms in total. The molecule has 1 aromatic heterocycles. The first-order chi connectivity index (χ1) is 10.0. The van der Waals surface area contributed by atoms with Gasteiger partial charge >= 0.3 is 0 Å². The molecule has 2 rings (SSSR count). The van der Waals surface area contributed by atoms with Crippen LogP contribution in [0.4, 0.5) is 0 Å². The van der Waals surface area contributed by atoms with Crippen LogP contribution >= 0.6 is 11.6 Å². The van der Waals surface area contributed by atoms with Crippen molar-refractivity contribution in [2.75, 3.05) is 14.2 Å². The number of amides is 1. The predicted octanol–water partition coefficient (Wildman–Crippen LogP) is 3.58. The first-order valence-electron chi connectivity index (χ1n) is 6.56. The van der Waals surface area contributed by atoms with E-state index in [4.69, 9.17) is 16.3 Å². The van der Waals surface area contributed by atoms with Crippen LogP contribution < -0.4 is 4.74 Å². The maximum Gasteiger partial charge on any atom is 0.254 e. The van der Waals surface area contributed by atoms with Crippen LogP contribution in [0.2, 0.25) is 5.15 Å². The highest BCUT2D eigenvalue weighted by Crippen LogP contribution is 2.29. The number of hydrogen-bond acceptors (Lipinski definition) is 3. The fourth-order valence-electron chi connectivity index (χ4n) is 2.14. The summed E-state index contributed by atoms with van der Waals surface area (Å²) in [7, 11) is 3.38. The summed E-state index contributed by atoms with van der Waals surface area (Å²) in [5.74, 6) is 0.648. The van der Waals surface area contributed by atoms with E-state index in [1.807, 2.05) is 31.2 Å². The third-order valence-electron chi connectivity index (χ3n) is 3.46. The summed E-state index contributed by atoms with van der Waals surface area (Å²) in [4.78, 5) is 18.1. The van der Waals surface area contributed by atoms with Crippen LogP contribution in [0.5, 0.6) is 5.75 Å². The van der Waals surface area contributed by atoms with E-state index >= 15 is 0 Å². The van der Waals surface area contributed by atoms with Gasteiger partial charge in [0, 0.05) is 24.4 Å². The summed E-state index contributed by atoms with van der Waals surface area (Å²) >= 11 is 5.84. The number of rotatable bonds is 4. The Labute approximate surface area is 129 Å². The van der Waals surface area contributed by atoms with Gasteiger partial charge in [-0.2, -0.15) is 0 Å². The minimum atomic E-state index is -0.124. The molecule has 0 aliphatic heterocycles. The van der Waals surface area contributed by atoms with Crippen LogP contribution in [0, 0.1) is 0 Å². The molecule has 0 aliphatic carbocycles. The molecule has 0 radical (unpaired) electrons. The predicted molar refractivity (Wildman–Crippen MR) is 82.7 cm³/mol. The molecule has 2 aromatic rings. The Balaban J connectivity index is 2.26. The molecule has 1 heterocycles. The molecule has 0 bridgehead atoms. The number of hydrogen-bond donors (Lipinski definition) is 0. The third kappa shape index (κ3) is 3.34. The lowest BCUT2D eigenvalue weighted by Gasteiger charge is -2.26. The maximum absolute atomic E-state index is 12.5. The molecule has 110 valence electrons. The molecule has 1 unspecified atom stereocenters. The van der Waals surface area contributed by atoms with Crippen LogP contribution in [-0.2, 0) is 0 Å². The normalized spacial score (nSPS) is 11.8. The molecule has 1 amide bonds. The quantitative estimate of drug-likeness (QED) is 0.811. The van der Waals surface area contributed by atoms with E-state index in [9.17, 15) is 4.79 Å². The highest BCUT2D eigenvalue weighted by Gasteiger charge is 2.21. The molecule has 0 N–H and O–H groups in total. The molecule has 1 atom stereocenters. The average Bonchev–Trinajstić information content (AvgIpc) is 2.52. The molecule has 0 fully saturated rings. The first kappa shape index (κ1) is 15.3. The molecule has 1 aromatic carbocycles. The zero-order valence-corrected chi connectivity index (χ0v) is 13.0. The van der Waals surface area contributed by atoms with Crippen LogP contribution in [0.1, 0.15) is 28.9 Å². The first-order valence-corrected chi connectivity index (χ1v) is 6.94. The molecular formula is C16H17ClN2O2. The summed E-state index contributed by atoms with van der Waals surface area (Å²) < 4.78 is 5.35. The van der Waals surface area contributed by atoms with Crippen molar-refractivity contribution in [1.82, 2.24) is 9.88 Å². The SMILES string of the molecule is COc1ccccc1C(C)N(C)C(=O)c1ccnc(Cl)c1. The summed E-state index contributed by atoms with van der Waals surface area (Å²) in [5, 5.41) is 0.305. The summed E-state index contributed by atoms with van der Waals surface area (Å²) in [6.45, 7) is 1.96. The highest BCUT2D eigenvalue weighted by molar-refractivity contribution is 6.29. The van der Waals surface area contributed by atoms with E-state index in [0.29, 0.717) is 10.7 Å². The number of halogens is 1. The van der Waals surface area contributed by atoms with Crippen LogP contribution in [0.3, 0.4) is 0 Å². The van der Waals surface area contributed by atoms with Crippen molar-refractivity contribution in [2.24, 2.45) is 0 Å². The molecule has 0 spiro atoms.